The van der Waals surface area contributed by atoms with E-state index >= 15 is 0 Å². The summed E-state index contributed by atoms with van der Waals surface area (Å²) in [6.45, 7) is 1.95. The molecule has 0 aliphatic heterocycles. The summed E-state index contributed by atoms with van der Waals surface area (Å²) in [5.41, 5.74) is 1.74. The first-order valence-electron chi connectivity index (χ1n) is 10.9. The molecule has 0 heterocycles. The first-order chi connectivity index (χ1) is 14.9. The molecule has 6 heteroatoms. The average Bonchev–Trinajstić information content (AvgIpc) is 2.78. The number of hydrogen-bond donors (Lipinski definition) is 2. The lowest BCUT2D eigenvalue weighted by Crippen LogP contribution is -2.43. The monoisotopic (exact) mass is 426 g/mol. The smallest absolute Gasteiger partial charge is 0.222 e. The van der Waals surface area contributed by atoms with Crippen LogP contribution >= 0.6 is 0 Å². The Balaban J connectivity index is 1.69. The lowest BCUT2D eigenvalue weighted by Gasteiger charge is -2.38. The van der Waals surface area contributed by atoms with Crippen molar-refractivity contribution in [3.63, 3.8) is 0 Å². The third kappa shape index (κ3) is 6.06. The highest BCUT2D eigenvalue weighted by molar-refractivity contribution is 5.79. The topological polar surface area (TPSA) is 67.4 Å². The van der Waals surface area contributed by atoms with Crippen molar-refractivity contribution in [1.82, 2.24) is 10.6 Å². The van der Waals surface area contributed by atoms with Crippen LogP contribution in [0, 0.1) is 5.82 Å². The molecule has 1 fully saturated rings. The van der Waals surface area contributed by atoms with Crippen molar-refractivity contribution in [3.05, 3.63) is 65.5 Å². The van der Waals surface area contributed by atoms with Crippen molar-refractivity contribution in [1.29, 1.82) is 0 Å². The van der Waals surface area contributed by atoms with Gasteiger partial charge in [0.05, 0.1) is 19.6 Å². The summed E-state index contributed by atoms with van der Waals surface area (Å²) in [5.74, 6) is 0.148. The van der Waals surface area contributed by atoms with Gasteiger partial charge in [-0.25, -0.2) is 4.39 Å². The molecule has 2 aromatic rings. The maximum Gasteiger partial charge on any atom is 0.222 e. The minimum atomic E-state index is -0.420. The molecule has 2 N–H and O–H groups in total. The standard InChI is InChI=1S/C25H31FN2O3/c1-18(29)28-23(19-6-12-22(31-2)13-7-19)16-24(30)27-17-25(14-4-3-5-15-25)20-8-10-21(26)11-9-20/h6-13,23H,3-5,14-17H2,1-2H3,(H,27,30)(H,28,29). The zero-order valence-corrected chi connectivity index (χ0v) is 18.2. The fourth-order valence-electron chi connectivity index (χ4n) is 4.46. The van der Waals surface area contributed by atoms with Crippen molar-refractivity contribution in [2.75, 3.05) is 13.7 Å². The van der Waals surface area contributed by atoms with Crippen LogP contribution in [-0.4, -0.2) is 25.5 Å². The molecule has 2 aromatic carbocycles. The van der Waals surface area contributed by atoms with Gasteiger partial charge in [0.15, 0.2) is 0 Å². The Bertz CT molecular complexity index is 875. The molecule has 5 nitrogen and oxygen atoms in total. The molecule has 1 unspecified atom stereocenters. The van der Waals surface area contributed by atoms with E-state index in [0.717, 1.165) is 36.8 Å². The van der Waals surface area contributed by atoms with Crippen LogP contribution in [0.5, 0.6) is 5.75 Å². The average molecular weight is 427 g/mol. The number of halogens is 1. The molecular weight excluding hydrogens is 395 g/mol. The normalized spacial score (nSPS) is 16.2. The highest BCUT2D eigenvalue weighted by Crippen LogP contribution is 2.39. The fourth-order valence-corrected chi connectivity index (χ4v) is 4.46. The second-order valence-corrected chi connectivity index (χ2v) is 8.36. The number of amides is 2. The van der Waals surface area contributed by atoms with Crippen LogP contribution in [0.3, 0.4) is 0 Å². The number of nitrogens with one attached hydrogen (secondary N) is 2. The van der Waals surface area contributed by atoms with Gasteiger partial charge in [0.25, 0.3) is 0 Å². The Labute approximate surface area is 183 Å². The van der Waals surface area contributed by atoms with Gasteiger partial charge in [-0.3, -0.25) is 9.59 Å². The number of ether oxygens (including phenoxy) is 1. The number of carbonyl (C=O) groups excluding carboxylic acids is 2. The first kappa shape index (κ1) is 22.8. The maximum atomic E-state index is 13.4. The lowest BCUT2D eigenvalue weighted by atomic mass is 9.69. The lowest BCUT2D eigenvalue weighted by molar-refractivity contribution is -0.123. The molecule has 0 aromatic heterocycles. The van der Waals surface area contributed by atoms with Crippen molar-refractivity contribution < 1.29 is 18.7 Å². The number of benzene rings is 2. The van der Waals surface area contributed by atoms with E-state index in [1.165, 1.54) is 25.5 Å². The molecule has 0 saturated heterocycles. The third-order valence-corrected chi connectivity index (χ3v) is 6.18. The summed E-state index contributed by atoms with van der Waals surface area (Å²) < 4.78 is 18.6. The summed E-state index contributed by atoms with van der Waals surface area (Å²) in [6, 6.07) is 13.6. The van der Waals surface area contributed by atoms with Crippen molar-refractivity contribution in [3.8, 4) is 5.75 Å². The zero-order chi connectivity index (χ0) is 22.3. The van der Waals surface area contributed by atoms with E-state index in [1.54, 1.807) is 7.11 Å². The number of methoxy groups -OCH3 is 1. The van der Waals surface area contributed by atoms with Gasteiger partial charge < -0.3 is 15.4 Å². The van der Waals surface area contributed by atoms with E-state index in [-0.39, 0.29) is 29.5 Å². The summed E-state index contributed by atoms with van der Waals surface area (Å²) >= 11 is 0. The highest BCUT2D eigenvalue weighted by Gasteiger charge is 2.34. The molecule has 3 rings (SSSR count). The van der Waals surface area contributed by atoms with Crippen LogP contribution in [0.15, 0.2) is 48.5 Å². The van der Waals surface area contributed by atoms with Crippen molar-refractivity contribution in [2.24, 2.45) is 0 Å². The van der Waals surface area contributed by atoms with Gasteiger partial charge in [-0.2, -0.15) is 0 Å². The zero-order valence-electron chi connectivity index (χ0n) is 18.2. The van der Waals surface area contributed by atoms with Crippen LogP contribution in [0.2, 0.25) is 0 Å². The SMILES string of the molecule is COc1ccc(C(CC(=O)NCC2(c3ccc(F)cc3)CCCCC2)NC(C)=O)cc1. The second-order valence-electron chi connectivity index (χ2n) is 8.36. The molecule has 1 saturated carbocycles. The first-order valence-corrected chi connectivity index (χ1v) is 10.9. The highest BCUT2D eigenvalue weighted by atomic mass is 19.1. The maximum absolute atomic E-state index is 13.4. The van der Waals surface area contributed by atoms with E-state index in [4.69, 9.17) is 4.74 Å². The Morgan fingerprint density at radius 1 is 1.03 bits per heavy atom. The van der Waals surface area contributed by atoms with Gasteiger partial charge in [-0.15, -0.1) is 0 Å². The summed E-state index contributed by atoms with van der Waals surface area (Å²) in [6.07, 6.45) is 5.44. The fraction of sp³-hybridized carbons (Fsp3) is 0.440. The van der Waals surface area contributed by atoms with E-state index in [2.05, 4.69) is 10.6 Å². The van der Waals surface area contributed by atoms with Gasteiger partial charge in [0.2, 0.25) is 11.8 Å². The van der Waals surface area contributed by atoms with E-state index < -0.39 is 6.04 Å². The Morgan fingerprint density at radius 3 is 2.26 bits per heavy atom. The second kappa shape index (κ2) is 10.4. The summed E-state index contributed by atoms with van der Waals surface area (Å²) in [4.78, 5) is 24.6. The van der Waals surface area contributed by atoms with Crippen molar-refractivity contribution >= 4 is 11.8 Å². The molecule has 0 radical (unpaired) electrons. The van der Waals surface area contributed by atoms with Crippen LogP contribution < -0.4 is 15.4 Å². The molecule has 1 atom stereocenters. The Morgan fingerprint density at radius 2 is 1.68 bits per heavy atom. The van der Waals surface area contributed by atoms with Gasteiger partial charge in [0, 0.05) is 18.9 Å². The predicted octanol–water partition coefficient (Wildman–Crippen LogP) is 4.42. The molecule has 2 amide bonds. The number of hydrogen-bond acceptors (Lipinski definition) is 3. The van der Waals surface area contributed by atoms with Gasteiger partial charge in [0.1, 0.15) is 11.6 Å². The van der Waals surface area contributed by atoms with Gasteiger partial charge in [-0.1, -0.05) is 43.5 Å². The largest absolute Gasteiger partial charge is 0.497 e. The summed E-state index contributed by atoms with van der Waals surface area (Å²) in [5, 5.41) is 5.96. The summed E-state index contributed by atoms with van der Waals surface area (Å²) in [7, 11) is 1.59. The van der Waals surface area contributed by atoms with E-state index in [0.29, 0.717) is 12.3 Å². The van der Waals surface area contributed by atoms with Gasteiger partial charge in [-0.05, 0) is 48.2 Å². The molecule has 1 aliphatic rings. The minimum Gasteiger partial charge on any atom is -0.497 e. The van der Waals surface area contributed by atoms with E-state index in [1.807, 2.05) is 36.4 Å². The quantitative estimate of drug-likeness (QED) is 0.657. The molecular formula is C25H31FN2O3. The molecule has 0 bridgehead atoms. The molecule has 1 aliphatic carbocycles. The van der Waals surface area contributed by atoms with Crippen LogP contribution in [0.1, 0.15) is 62.6 Å². The molecule has 31 heavy (non-hydrogen) atoms. The van der Waals surface area contributed by atoms with Crippen LogP contribution in [-0.2, 0) is 15.0 Å². The van der Waals surface area contributed by atoms with Crippen LogP contribution in [0.4, 0.5) is 4.39 Å². The van der Waals surface area contributed by atoms with Crippen molar-refractivity contribution in [2.45, 2.75) is 56.9 Å². The minimum absolute atomic E-state index is 0.123. The molecule has 0 spiro atoms. The van der Waals surface area contributed by atoms with Gasteiger partial charge >= 0.3 is 0 Å². The third-order valence-electron chi connectivity index (χ3n) is 6.18. The Hall–Kier alpha value is -2.89. The Kier molecular flexibility index (Phi) is 7.66. The number of rotatable bonds is 8. The predicted molar refractivity (Wildman–Crippen MR) is 118 cm³/mol. The van der Waals surface area contributed by atoms with E-state index in [9.17, 15) is 14.0 Å². The number of carbonyl (C=O) groups is 2. The molecule has 166 valence electrons. The van der Waals surface area contributed by atoms with Crippen LogP contribution in [0.25, 0.3) is 0 Å².